The van der Waals surface area contributed by atoms with E-state index in [-0.39, 0.29) is 12.1 Å². The van der Waals surface area contributed by atoms with Crippen LogP contribution >= 0.6 is 0 Å². The summed E-state index contributed by atoms with van der Waals surface area (Å²) in [4.78, 5) is 24.7. The normalized spacial score (nSPS) is 24.9. The zero-order chi connectivity index (χ0) is 14.4. The lowest BCUT2D eigenvalue weighted by Crippen LogP contribution is -2.54. The van der Waals surface area contributed by atoms with E-state index in [0.29, 0.717) is 32.0 Å². The third-order valence-corrected chi connectivity index (χ3v) is 3.40. The average Bonchev–Trinajstić information content (AvgIpc) is 2.36. The van der Waals surface area contributed by atoms with E-state index in [0.717, 1.165) is 6.42 Å². The van der Waals surface area contributed by atoms with Gasteiger partial charge in [0.2, 0.25) is 0 Å². The van der Waals surface area contributed by atoms with Gasteiger partial charge in [0.1, 0.15) is 6.04 Å². The summed E-state index contributed by atoms with van der Waals surface area (Å²) in [5.74, 6) is -0.591. The highest BCUT2D eigenvalue weighted by molar-refractivity contribution is 5.82. The van der Waals surface area contributed by atoms with Gasteiger partial charge in [0, 0.05) is 19.7 Å². The Kier molecular flexibility index (Phi) is 6.08. The molecule has 1 heterocycles. The summed E-state index contributed by atoms with van der Waals surface area (Å²) >= 11 is 0. The second kappa shape index (κ2) is 7.33. The number of carboxylic acid groups (broad SMARTS) is 1. The number of carbonyl (C=O) groups is 2. The van der Waals surface area contributed by atoms with Crippen LogP contribution in [0.4, 0.5) is 4.79 Å². The van der Waals surface area contributed by atoms with Gasteiger partial charge in [-0.05, 0) is 32.6 Å². The molecule has 0 aromatic carbocycles. The van der Waals surface area contributed by atoms with E-state index in [9.17, 15) is 14.7 Å². The Bertz CT molecular complexity index is 322. The van der Waals surface area contributed by atoms with Crippen LogP contribution in [-0.2, 0) is 9.53 Å². The van der Waals surface area contributed by atoms with Gasteiger partial charge in [0.05, 0.1) is 6.10 Å². The standard InChI is InChI=1S/C13H24N2O4/c1-4-19-10(3)8-14-13(18)15-6-5-9(2)7-11(15)12(16)17/h9-11H,4-8H2,1-3H3,(H,14,18)(H,16,17). The van der Waals surface area contributed by atoms with Gasteiger partial charge in [-0.15, -0.1) is 0 Å². The monoisotopic (exact) mass is 272 g/mol. The number of nitrogens with zero attached hydrogens (tertiary/aromatic N) is 1. The van der Waals surface area contributed by atoms with Crippen molar-refractivity contribution < 1.29 is 19.4 Å². The first-order chi connectivity index (χ1) is 8.95. The van der Waals surface area contributed by atoms with Crippen LogP contribution in [-0.4, -0.2) is 53.8 Å². The van der Waals surface area contributed by atoms with Gasteiger partial charge in [-0.25, -0.2) is 9.59 Å². The molecule has 110 valence electrons. The molecule has 0 saturated carbocycles. The molecule has 0 aliphatic carbocycles. The minimum absolute atomic E-state index is 0.0686. The van der Waals surface area contributed by atoms with Crippen molar-refractivity contribution in [3.63, 3.8) is 0 Å². The zero-order valence-corrected chi connectivity index (χ0v) is 11.9. The predicted molar refractivity (Wildman–Crippen MR) is 71.0 cm³/mol. The topological polar surface area (TPSA) is 78.9 Å². The highest BCUT2D eigenvalue weighted by atomic mass is 16.5. The zero-order valence-electron chi connectivity index (χ0n) is 11.9. The van der Waals surface area contributed by atoms with Gasteiger partial charge in [-0.2, -0.15) is 0 Å². The molecule has 1 aliphatic rings. The molecule has 3 unspecified atom stereocenters. The molecule has 6 heteroatoms. The number of hydrogen-bond acceptors (Lipinski definition) is 3. The number of likely N-dealkylation sites (tertiary alicyclic amines) is 1. The summed E-state index contributed by atoms with van der Waals surface area (Å²) in [6, 6.07) is -1.03. The van der Waals surface area contributed by atoms with Crippen LogP contribution in [0.25, 0.3) is 0 Å². The molecule has 19 heavy (non-hydrogen) atoms. The van der Waals surface area contributed by atoms with Crippen molar-refractivity contribution in [2.24, 2.45) is 5.92 Å². The number of amides is 2. The first-order valence-corrected chi connectivity index (χ1v) is 6.84. The quantitative estimate of drug-likeness (QED) is 0.791. The summed E-state index contributed by atoms with van der Waals surface area (Å²) < 4.78 is 5.32. The number of carbonyl (C=O) groups excluding carboxylic acids is 1. The fourth-order valence-electron chi connectivity index (χ4n) is 2.29. The predicted octanol–water partition coefficient (Wildman–Crippen LogP) is 1.31. The number of aliphatic carboxylic acids is 1. The number of rotatable bonds is 5. The second-order valence-electron chi connectivity index (χ2n) is 5.13. The van der Waals surface area contributed by atoms with Crippen LogP contribution in [0.1, 0.15) is 33.6 Å². The van der Waals surface area contributed by atoms with Crippen molar-refractivity contribution in [2.75, 3.05) is 19.7 Å². The average molecular weight is 272 g/mol. The summed E-state index contributed by atoms with van der Waals surface area (Å²) in [5, 5.41) is 11.9. The van der Waals surface area contributed by atoms with Crippen molar-refractivity contribution in [1.29, 1.82) is 0 Å². The molecule has 0 aromatic heterocycles. The van der Waals surface area contributed by atoms with Crippen LogP contribution in [0.3, 0.4) is 0 Å². The molecule has 0 radical (unpaired) electrons. The summed E-state index contributed by atoms with van der Waals surface area (Å²) in [6.45, 7) is 7.26. The van der Waals surface area contributed by atoms with Gasteiger partial charge in [-0.1, -0.05) is 6.92 Å². The third-order valence-electron chi connectivity index (χ3n) is 3.40. The summed E-state index contributed by atoms with van der Waals surface area (Å²) in [6.07, 6.45) is 1.29. The Morgan fingerprint density at radius 2 is 2.21 bits per heavy atom. The Morgan fingerprint density at radius 1 is 1.53 bits per heavy atom. The maximum Gasteiger partial charge on any atom is 0.326 e. The molecule has 0 aromatic rings. The lowest BCUT2D eigenvalue weighted by molar-refractivity contribution is -0.143. The fraction of sp³-hybridized carbons (Fsp3) is 0.846. The first kappa shape index (κ1) is 15.8. The minimum Gasteiger partial charge on any atom is -0.480 e. The van der Waals surface area contributed by atoms with Crippen molar-refractivity contribution >= 4 is 12.0 Å². The Morgan fingerprint density at radius 3 is 2.79 bits per heavy atom. The Labute approximate surface area is 114 Å². The first-order valence-electron chi connectivity index (χ1n) is 6.84. The molecule has 2 amide bonds. The van der Waals surface area contributed by atoms with Crippen LogP contribution in [0.2, 0.25) is 0 Å². The SMILES string of the molecule is CCOC(C)CNC(=O)N1CCC(C)CC1C(=O)O. The maximum absolute atomic E-state index is 12.0. The number of urea groups is 1. The molecule has 2 N–H and O–H groups in total. The molecule has 6 nitrogen and oxygen atoms in total. The minimum atomic E-state index is -0.931. The highest BCUT2D eigenvalue weighted by Crippen LogP contribution is 2.22. The Balaban J connectivity index is 2.51. The smallest absolute Gasteiger partial charge is 0.326 e. The summed E-state index contributed by atoms with van der Waals surface area (Å²) in [7, 11) is 0. The van der Waals surface area contributed by atoms with Crippen LogP contribution in [0.5, 0.6) is 0 Å². The van der Waals surface area contributed by atoms with E-state index in [1.165, 1.54) is 4.90 Å². The van der Waals surface area contributed by atoms with Gasteiger partial charge >= 0.3 is 12.0 Å². The molecule has 1 aliphatic heterocycles. The van der Waals surface area contributed by atoms with Gasteiger partial charge in [0.25, 0.3) is 0 Å². The molecular formula is C13H24N2O4. The lowest BCUT2D eigenvalue weighted by Gasteiger charge is -2.36. The van der Waals surface area contributed by atoms with Crippen molar-refractivity contribution in [2.45, 2.75) is 45.8 Å². The maximum atomic E-state index is 12.0. The lowest BCUT2D eigenvalue weighted by atomic mass is 9.93. The number of ether oxygens (including phenoxy) is 1. The van der Waals surface area contributed by atoms with Crippen molar-refractivity contribution in [1.82, 2.24) is 10.2 Å². The summed E-state index contributed by atoms with van der Waals surface area (Å²) in [5.41, 5.74) is 0. The molecule has 1 rings (SSSR count). The van der Waals surface area contributed by atoms with Gasteiger partial charge in [-0.3, -0.25) is 0 Å². The van der Waals surface area contributed by atoms with Gasteiger partial charge in [0.15, 0.2) is 0 Å². The largest absolute Gasteiger partial charge is 0.480 e. The van der Waals surface area contributed by atoms with Crippen LogP contribution in [0.15, 0.2) is 0 Å². The van der Waals surface area contributed by atoms with E-state index in [1.807, 2.05) is 20.8 Å². The van der Waals surface area contributed by atoms with E-state index in [1.54, 1.807) is 0 Å². The number of nitrogens with one attached hydrogen (secondary N) is 1. The molecule has 0 bridgehead atoms. The fourth-order valence-corrected chi connectivity index (χ4v) is 2.29. The third kappa shape index (κ3) is 4.70. The number of carboxylic acids is 1. The number of piperidine rings is 1. The second-order valence-corrected chi connectivity index (χ2v) is 5.13. The molecule has 3 atom stereocenters. The van der Waals surface area contributed by atoms with Crippen LogP contribution < -0.4 is 5.32 Å². The van der Waals surface area contributed by atoms with E-state index in [4.69, 9.17) is 4.74 Å². The molecule has 0 spiro atoms. The van der Waals surface area contributed by atoms with E-state index >= 15 is 0 Å². The number of hydrogen-bond donors (Lipinski definition) is 2. The molecule has 1 saturated heterocycles. The molecular weight excluding hydrogens is 248 g/mol. The van der Waals surface area contributed by atoms with E-state index < -0.39 is 12.0 Å². The van der Waals surface area contributed by atoms with Gasteiger partial charge < -0.3 is 20.1 Å². The van der Waals surface area contributed by atoms with E-state index in [2.05, 4.69) is 5.32 Å². The Hall–Kier alpha value is -1.30. The van der Waals surface area contributed by atoms with Crippen molar-refractivity contribution in [3.05, 3.63) is 0 Å². The highest BCUT2D eigenvalue weighted by Gasteiger charge is 2.34. The van der Waals surface area contributed by atoms with Crippen molar-refractivity contribution in [3.8, 4) is 0 Å². The van der Waals surface area contributed by atoms with Crippen LogP contribution in [0, 0.1) is 5.92 Å². The molecule has 1 fully saturated rings.